The monoisotopic (exact) mass is 371 g/mol. The maximum atomic E-state index is 4.90. The minimum absolute atomic E-state index is 0.391. The molecule has 4 aromatic rings. The Balaban J connectivity index is 1.46. The third kappa shape index (κ3) is 2.28. The number of hydrogen-bond acceptors (Lipinski definition) is 5. The first-order chi connectivity index (χ1) is 13.8. The molecule has 4 heterocycles. The first-order valence-corrected chi connectivity index (χ1v) is 9.87. The Morgan fingerprint density at radius 1 is 1.14 bits per heavy atom. The number of aromatic nitrogens is 6. The van der Waals surface area contributed by atoms with Crippen LogP contribution in [0.15, 0.2) is 48.8 Å². The van der Waals surface area contributed by atoms with Gasteiger partial charge in [-0.15, -0.1) is 5.10 Å². The molecule has 7 nitrogen and oxygen atoms in total. The first kappa shape index (κ1) is 15.8. The molecule has 0 radical (unpaired) electrons. The van der Waals surface area contributed by atoms with Crippen molar-refractivity contribution in [3.05, 3.63) is 48.8 Å². The normalized spacial score (nSPS) is 26.3. The van der Waals surface area contributed by atoms with E-state index in [9.17, 15) is 0 Å². The van der Waals surface area contributed by atoms with Gasteiger partial charge in [-0.3, -0.25) is 5.10 Å². The van der Waals surface area contributed by atoms with E-state index in [1.54, 1.807) is 6.20 Å². The highest BCUT2D eigenvalue weighted by Gasteiger charge is 2.38. The second-order valence-corrected chi connectivity index (χ2v) is 7.91. The molecule has 2 N–H and O–H groups in total. The molecule has 0 aromatic carbocycles. The van der Waals surface area contributed by atoms with Gasteiger partial charge in [-0.25, -0.2) is 14.5 Å². The van der Waals surface area contributed by atoms with E-state index in [4.69, 9.17) is 4.98 Å². The Morgan fingerprint density at radius 3 is 2.89 bits per heavy atom. The van der Waals surface area contributed by atoms with Crippen molar-refractivity contribution in [1.82, 2.24) is 29.8 Å². The molecule has 28 heavy (non-hydrogen) atoms. The van der Waals surface area contributed by atoms with Gasteiger partial charge in [-0.05, 0) is 54.9 Å². The fourth-order valence-electron chi connectivity index (χ4n) is 4.82. The second kappa shape index (κ2) is 5.89. The lowest BCUT2D eigenvalue weighted by Crippen LogP contribution is -2.44. The summed E-state index contributed by atoms with van der Waals surface area (Å²) >= 11 is 0. The zero-order valence-corrected chi connectivity index (χ0v) is 15.6. The van der Waals surface area contributed by atoms with Crippen LogP contribution in [0.4, 0.5) is 5.82 Å². The smallest absolute Gasteiger partial charge is 0.203 e. The zero-order valence-electron chi connectivity index (χ0n) is 15.6. The summed E-state index contributed by atoms with van der Waals surface area (Å²) in [5, 5.41) is 16.8. The first-order valence-electron chi connectivity index (χ1n) is 9.87. The largest absolute Gasteiger partial charge is 0.365 e. The van der Waals surface area contributed by atoms with Gasteiger partial charge >= 0.3 is 0 Å². The van der Waals surface area contributed by atoms with E-state index in [-0.39, 0.29) is 0 Å². The highest BCUT2D eigenvalue weighted by atomic mass is 15.3. The van der Waals surface area contributed by atoms with Crippen molar-refractivity contribution in [2.45, 2.75) is 25.8 Å². The minimum atomic E-state index is 0.391. The number of anilines is 1. The highest BCUT2D eigenvalue weighted by molar-refractivity contribution is 5.89. The second-order valence-electron chi connectivity index (χ2n) is 7.91. The standard InChI is InChI=1S/C21H21N7/c1-12-13-6-8-14(9-7-13)17(12)23-20-16-5-3-11-28(16)27-21(24-20)18-15-4-2-10-22-19(15)26-25-18/h2-6,8,10-14,17H,7,9H2,1H3,(H,22,25,26)(H,23,24,27)/t12-,13+,14-,17+/m0/s1. The molecule has 7 rings (SSSR count). The molecule has 0 aliphatic heterocycles. The summed E-state index contributed by atoms with van der Waals surface area (Å²) < 4.78 is 1.88. The summed E-state index contributed by atoms with van der Waals surface area (Å²) in [7, 11) is 0. The SMILES string of the molecule is C[C@@H]1[C@@H](Nc2nc(-c3n[nH]c4ncccc34)nn3cccc23)[C@H]2C=C[C@@H]1CC2. The number of nitrogens with zero attached hydrogens (tertiary/aromatic N) is 5. The molecule has 4 atom stereocenters. The van der Waals surface area contributed by atoms with Crippen LogP contribution < -0.4 is 5.32 Å². The van der Waals surface area contributed by atoms with Crippen molar-refractivity contribution in [3.8, 4) is 11.5 Å². The minimum Gasteiger partial charge on any atom is -0.365 e. The van der Waals surface area contributed by atoms with Gasteiger partial charge < -0.3 is 5.32 Å². The molecule has 0 spiro atoms. The number of aromatic amines is 1. The number of fused-ring (bicyclic) bond motifs is 4. The zero-order chi connectivity index (χ0) is 18.7. The van der Waals surface area contributed by atoms with Gasteiger partial charge in [-0.1, -0.05) is 19.1 Å². The van der Waals surface area contributed by atoms with Crippen LogP contribution >= 0.6 is 0 Å². The molecule has 4 aromatic heterocycles. The maximum Gasteiger partial charge on any atom is 0.203 e. The number of H-pyrrole nitrogens is 1. The van der Waals surface area contributed by atoms with Gasteiger partial charge in [0.1, 0.15) is 11.2 Å². The van der Waals surface area contributed by atoms with Crippen LogP contribution in [-0.2, 0) is 0 Å². The van der Waals surface area contributed by atoms with Crippen molar-refractivity contribution in [1.29, 1.82) is 0 Å². The predicted octanol–water partition coefficient (Wildman–Crippen LogP) is 3.68. The lowest BCUT2D eigenvalue weighted by Gasteiger charge is -2.44. The fraction of sp³-hybridized carbons (Fsp3) is 0.333. The Morgan fingerprint density at radius 2 is 2.04 bits per heavy atom. The number of rotatable bonds is 3. The van der Waals surface area contributed by atoms with Crippen LogP contribution in [0, 0.1) is 17.8 Å². The Labute approximate surface area is 161 Å². The lowest BCUT2D eigenvalue weighted by molar-refractivity contribution is 0.212. The Hall–Kier alpha value is -3.22. The predicted molar refractivity (Wildman–Crippen MR) is 108 cm³/mol. The average Bonchev–Trinajstić information content (AvgIpc) is 3.37. The Kier molecular flexibility index (Phi) is 3.32. The van der Waals surface area contributed by atoms with Crippen molar-refractivity contribution in [3.63, 3.8) is 0 Å². The molecular formula is C21H21N7. The molecule has 0 saturated heterocycles. The quantitative estimate of drug-likeness (QED) is 0.537. The summed E-state index contributed by atoms with van der Waals surface area (Å²) in [6, 6.07) is 8.34. The molecule has 2 bridgehead atoms. The van der Waals surface area contributed by atoms with Crippen LogP contribution in [0.25, 0.3) is 28.1 Å². The third-order valence-electron chi connectivity index (χ3n) is 6.38. The van der Waals surface area contributed by atoms with Gasteiger partial charge in [0.25, 0.3) is 0 Å². The van der Waals surface area contributed by atoms with Gasteiger partial charge in [0.15, 0.2) is 11.5 Å². The van der Waals surface area contributed by atoms with Gasteiger partial charge in [-0.2, -0.15) is 5.10 Å². The molecule has 3 aliphatic rings. The van der Waals surface area contributed by atoms with E-state index >= 15 is 0 Å². The molecule has 0 unspecified atom stereocenters. The fourth-order valence-corrected chi connectivity index (χ4v) is 4.82. The number of nitrogens with one attached hydrogen (secondary N) is 2. The molecule has 0 amide bonds. The van der Waals surface area contributed by atoms with Crippen LogP contribution in [0.2, 0.25) is 0 Å². The molecule has 1 fully saturated rings. The molecular weight excluding hydrogens is 350 g/mol. The Bertz CT molecular complexity index is 1200. The van der Waals surface area contributed by atoms with Crippen molar-refractivity contribution in [2.24, 2.45) is 17.8 Å². The van der Waals surface area contributed by atoms with E-state index in [0.717, 1.165) is 28.1 Å². The summed E-state index contributed by atoms with van der Waals surface area (Å²) in [6.45, 7) is 2.35. The van der Waals surface area contributed by atoms with E-state index in [1.807, 2.05) is 28.9 Å². The molecule has 7 heteroatoms. The van der Waals surface area contributed by atoms with Crippen LogP contribution in [0.1, 0.15) is 19.8 Å². The summed E-state index contributed by atoms with van der Waals surface area (Å²) in [5.41, 5.74) is 2.45. The summed E-state index contributed by atoms with van der Waals surface area (Å²) in [5.74, 6) is 3.27. The molecule has 140 valence electrons. The number of pyridine rings is 1. The van der Waals surface area contributed by atoms with Crippen LogP contribution in [0.5, 0.6) is 0 Å². The average molecular weight is 371 g/mol. The van der Waals surface area contributed by atoms with Crippen molar-refractivity contribution < 1.29 is 0 Å². The molecule has 1 saturated carbocycles. The van der Waals surface area contributed by atoms with E-state index < -0.39 is 0 Å². The topological polar surface area (TPSA) is 83.8 Å². The highest BCUT2D eigenvalue weighted by Crippen LogP contribution is 2.42. The van der Waals surface area contributed by atoms with Gasteiger partial charge in [0.05, 0.1) is 5.39 Å². The number of hydrogen-bond donors (Lipinski definition) is 2. The maximum absolute atomic E-state index is 4.90. The third-order valence-corrected chi connectivity index (χ3v) is 6.38. The molecule has 3 aliphatic carbocycles. The summed E-state index contributed by atoms with van der Waals surface area (Å²) in [4.78, 5) is 9.23. The number of allylic oxidation sites excluding steroid dienone is 1. The van der Waals surface area contributed by atoms with Gasteiger partial charge in [0.2, 0.25) is 5.82 Å². The lowest BCUT2D eigenvalue weighted by atomic mass is 9.66. The van der Waals surface area contributed by atoms with E-state index in [0.29, 0.717) is 29.6 Å². The van der Waals surface area contributed by atoms with E-state index in [2.05, 4.69) is 50.7 Å². The summed E-state index contributed by atoms with van der Waals surface area (Å²) in [6.07, 6.45) is 11.0. The van der Waals surface area contributed by atoms with Gasteiger partial charge in [0, 0.05) is 18.4 Å². The van der Waals surface area contributed by atoms with Crippen LogP contribution in [-0.4, -0.2) is 35.8 Å². The van der Waals surface area contributed by atoms with Crippen molar-refractivity contribution >= 4 is 22.4 Å². The van der Waals surface area contributed by atoms with Crippen molar-refractivity contribution in [2.75, 3.05) is 5.32 Å². The van der Waals surface area contributed by atoms with Crippen LogP contribution in [0.3, 0.4) is 0 Å². The van der Waals surface area contributed by atoms with E-state index in [1.165, 1.54) is 12.8 Å².